The van der Waals surface area contributed by atoms with E-state index in [0.29, 0.717) is 12.2 Å². The lowest BCUT2D eigenvalue weighted by Gasteiger charge is -2.09. The Morgan fingerprint density at radius 3 is 2.65 bits per heavy atom. The summed E-state index contributed by atoms with van der Waals surface area (Å²) in [6, 6.07) is 4.24. The maximum absolute atomic E-state index is 11.7. The Kier molecular flexibility index (Phi) is 4.54. The molecule has 108 valence electrons. The first-order valence-corrected chi connectivity index (χ1v) is 7.47. The standard InChI is InChI=1S/C14H19N3O2S/c1-5-10-6-7-11(20-10)8-17-13(9(2)3)12(15-16-17)14(18)19-4/h6-7,9H,5,8H2,1-4H3. The minimum atomic E-state index is -0.430. The fraction of sp³-hybridized carbons (Fsp3) is 0.500. The predicted octanol–water partition coefficient (Wildman–Crippen LogP) is 2.86. The molecule has 2 heterocycles. The molecular weight excluding hydrogens is 274 g/mol. The molecule has 5 nitrogen and oxygen atoms in total. The minimum Gasteiger partial charge on any atom is -0.464 e. The molecule has 20 heavy (non-hydrogen) atoms. The van der Waals surface area contributed by atoms with Gasteiger partial charge in [0.25, 0.3) is 0 Å². The van der Waals surface area contributed by atoms with Gasteiger partial charge in [-0.15, -0.1) is 16.4 Å². The molecular formula is C14H19N3O2S. The highest BCUT2D eigenvalue weighted by atomic mass is 32.1. The van der Waals surface area contributed by atoms with Gasteiger partial charge in [0.2, 0.25) is 0 Å². The number of aromatic nitrogens is 3. The van der Waals surface area contributed by atoms with Crippen molar-refractivity contribution in [3.8, 4) is 0 Å². The van der Waals surface area contributed by atoms with Crippen LogP contribution in [0.25, 0.3) is 0 Å². The summed E-state index contributed by atoms with van der Waals surface area (Å²) in [7, 11) is 1.36. The Balaban J connectivity index is 2.31. The Hall–Kier alpha value is -1.69. The Bertz CT molecular complexity index is 601. The monoisotopic (exact) mass is 293 g/mol. The number of hydrogen-bond donors (Lipinski definition) is 0. The maximum Gasteiger partial charge on any atom is 0.360 e. The summed E-state index contributed by atoms with van der Waals surface area (Å²) < 4.78 is 6.55. The van der Waals surface area contributed by atoms with E-state index in [4.69, 9.17) is 4.74 Å². The van der Waals surface area contributed by atoms with Crippen molar-refractivity contribution in [1.29, 1.82) is 0 Å². The van der Waals surface area contributed by atoms with Crippen molar-refractivity contribution in [2.75, 3.05) is 7.11 Å². The molecule has 0 radical (unpaired) electrons. The van der Waals surface area contributed by atoms with Gasteiger partial charge >= 0.3 is 5.97 Å². The van der Waals surface area contributed by atoms with Gasteiger partial charge in [-0.05, 0) is 24.5 Å². The molecule has 0 bridgehead atoms. The van der Waals surface area contributed by atoms with Crippen LogP contribution < -0.4 is 0 Å². The van der Waals surface area contributed by atoms with Gasteiger partial charge in [-0.25, -0.2) is 9.48 Å². The van der Waals surface area contributed by atoms with Gasteiger partial charge in [-0.1, -0.05) is 26.0 Å². The summed E-state index contributed by atoms with van der Waals surface area (Å²) in [4.78, 5) is 14.3. The quantitative estimate of drug-likeness (QED) is 0.795. The first-order chi connectivity index (χ1) is 9.56. The molecule has 0 unspecified atom stereocenters. The summed E-state index contributed by atoms with van der Waals surface area (Å²) >= 11 is 1.77. The SMILES string of the molecule is CCc1ccc(Cn2nnc(C(=O)OC)c2C(C)C)s1. The minimum absolute atomic E-state index is 0.157. The Labute approximate surface area is 122 Å². The zero-order valence-electron chi connectivity index (χ0n) is 12.2. The lowest BCUT2D eigenvalue weighted by Crippen LogP contribution is -2.11. The number of aryl methyl sites for hydroxylation is 1. The smallest absolute Gasteiger partial charge is 0.360 e. The van der Waals surface area contributed by atoms with E-state index in [1.807, 2.05) is 13.8 Å². The van der Waals surface area contributed by atoms with E-state index >= 15 is 0 Å². The van der Waals surface area contributed by atoms with E-state index in [0.717, 1.165) is 12.1 Å². The van der Waals surface area contributed by atoms with Crippen LogP contribution in [-0.2, 0) is 17.7 Å². The first kappa shape index (κ1) is 14.7. The number of carbonyl (C=O) groups excluding carboxylic acids is 1. The van der Waals surface area contributed by atoms with Crippen LogP contribution in [0.2, 0.25) is 0 Å². The van der Waals surface area contributed by atoms with Crippen LogP contribution >= 0.6 is 11.3 Å². The average Bonchev–Trinajstić information content (AvgIpc) is 3.04. The number of thiophene rings is 1. The topological polar surface area (TPSA) is 57.0 Å². The van der Waals surface area contributed by atoms with Crippen molar-refractivity contribution in [3.63, 3.8) is 0 Å². The molecule has 2 aromatic heterocycles. The van der Waals surface area contributed by atoms with Gasteiger partial charge in [0.15, 0.2) is 5.69 Å². The highest BCUT2D eigenvalue weighted by molar-refractivity contribution is 7.11. The molecule has 6 heteroatoms. The third-order valence-electron chi connectivity index (χ3n) is 3.07. The van der Waals surface area contributed by atoms with Gasteiger partial charge in [0, 0.05) is 9.75 Å². The number of hydrogen-bond acceptors (Lipinski definition) is 5. The number of nitrogens with zero attached hydrogens (tertiary/aromatic N) is 3. The van der Waals surface area contributed by atoms with Gasteiger partial charge in [0.05, 0.1) is 19.3 Å². The van der Waals surface area contributed by atoms with E-state index in [9.17, 15) is 4.79 Å². The van der Waals surface area contributed by atoms with Crippen LogP contribution in [0.3, 0.4) is 0 Å². The second kappa shape index (κ2) is 6.17. The fourth-order valence-corrected chi connectivity index (χ4v) is 3.04. The average molecular weight is 293 g/mol. The van der Waals surface area contributed by atoms with Crippen molar-refractivity contribution in [2.45, 2.75) is 39.7 Å². The van der Waals surface area contributed by atoms with Crippen LogP contribution in [0, 0.1) is 0 Å². The number of methoxy groups -OCH3 is 1. The van der Waals surface area contributed by atoms with E-state index in [-0.39, 0.29) is 5.92 Å². The van der Waals surface area contributed by atoms with Crippen molar-refractivity contribution in [3.05, 3.63) is 33.3 Å². The molecule has 0 aliphatic carbocycles. The number of ether oxygens (including phenoxy) is 1. The summed E-state index contributed by atoms with van der Waals surface area (Å²) in [5.41, 5.74) is 1.14. The maximum atomic E-state index is 11.7. The second-order valence-electron chi connectivity index (χ2n) is 4.85. The molecule has 0 saturated heterocycles. The van der Waals surface area contributed by atoms with Crippen LogP contribution in [0.5, 0.6) is 0 Å². The Morgan fingerprint density at radius 1 is 1.40 bits per heavy atom. The molecule has 0 amide bonds. The lowest BCUT2D eigenvalue weighted by atomic mass is 10.1. The van der Waals surface area contributed by atoms with Crippen LogP contribution in [0.15, 0.2) is 12.1 Å². The zero-order chi connectivity index (χ0) is 14.7. The summed E-state index contributed by atoms with van der Waals surface area (Å²) in [6.45, 7) is 6.82. The molecule has 2 aromatic rings. The highest BCUT2D eigenvalue weighted by Crippen LogP contribution is 2.22. The van der Waals surface area contributed by atoms with E-state index in [1.165, 1.54) is 16.9 Å². The summed E-state index contributed by atoms with van der Waals surface area (Å²) in [5, 5.41) is 8.08. The second-order valence-corrected chi connectivity index (χ2v) is 6.10. The number of rotatable bonds is 5. The largest absolute Gasteiger partial charge is 0.464 e. The van der Waals surface area contributed by atoms with Crippen LogP contribution in [-0.4, -0.2) is 28.1 Å². The van der Waals surface area contributed by atoms with Crippen LogP contribution in [0.1, 0.15) is 52.6 Å². The van der Waals surface area contributed by atoms with E-state index in [2.05, 4.69) is 29.4 Å². The summed E-state index contributed by atoms with van der Waals surface area (Å²) in [6.07, 6.45) is 1.03. The van der Waals surface area contributed by atoms with Crippen molar-refractivity contribution >= 4 is 17.3 Å². The van der Waals surface area contributed by atoms with Crippen LogP contribution in [0.4, 0.5) is 0 Å². The van der Waals surface area contributed by atoms with Crippen molar-refractivity contribution in [1.82, 2.24) is 15.0 Å². The normalized spacial score (nSPS) is 11.1. The third-order valence-corrected chi connectivity index (χ3v) is 4.28. The first-order valence-electron chi connectivity index (χ1n) is 6.66. The zero-order valence-corrected chi connectivity index (χ0v) is 13.0. The molecule has 0 aromatic carbocycles. The molecule has 0 aliphatic heterocycles. The van der Waals surface area contributed by atoms with E-state index < -0.39 is 5.97 Å². The van der Waals surface area contributed by atoms with Gasteiger partial charge in [-0.2, -0.15) is 0 Å². The number of esters is 1. The van der Waals surface area contributed by atoms with Gasteiger partial charge < -0.3 is 4.74 Å². The molecule has 0 fully saturated rings. The van der Waals surface area contributed by atoms with Gasteiger partial charge in [0.1, 0.15) is 0 Å². The highest BCUT2D eigenvalue weighted by Gasteiger charge is 2.22. The molecule has 0 spiro atoms. The molecule has 0 atom stereocenters. The molecule has 0 aliphatic rings. The van der Waals surface area contributed by atoms with Crippen molar-refractivity contribution < 1.29 is 9.53 Å². The van der Waals surface area contributed by atoms with E-state index in [1.54, 1.807) is 16.0 Å². The predicted molar refractivity (Wildman–Crippen MR) is 78.2 cm³/mol. The molecule has 0 saturated carbocycles. The molecule has 0 N–H and O–H groups in total. The molecule has 2 rings (SSSR count). The summed E-state index contributed by atoms with van der Waals surface area (Å²) in [5.74, 6) is -0.273. The number of carbonyl (C=O) groups is 1. The van der Waals surface area contributed by atoms with Gasteiger partial charge in [-0.3, -0.25) is 0 Å². The Morgan fingerprint density at radius 2 is 2.10 bits per heavy atom. The van der Waals surface area contributed by atoms with Crippen molar-refractivity contribution in [2.24, 2.45) is 0 Å². The third kappa shape index (κ3) is 2.90. The lowest BCUT2D eigenvalue weighted by molar-refractivity contribution is 0.0592. The fourth-order valence-electron chi connectivity index (χ4n) is 2.10.